The molecule has 237 valence electrons. The Morgan fingerprint density at radius 3 is 1.30 bits per heavy atom. The molecule has 0 aromatic heterocycles. The second-order valence-electron chi connectivity index (χ2n) is 11.0. The van der Waals surface area contributed by atoms with Gasteiger partial charge < -0.3 is 20.9 Å². The van der Waals surface area contributed by atoms with E-state index in [1.165, 1.54) is 101 Å². The quantitative estimate of drug-likeness (QED) is 0.228. The van der Waals surface area contributed by atoms with Gasteiger partial charge in [0.1, 0.15) is 0 Å². The standard InChI is InChI=1S/C12H14N2.C12H18N2.C7H4ClN.C5H11N.B2.B/c1-13-11-5-7-12(8-6-11)14-9-3-2-4-10-14;13-10-11-4-6-12(7-5-11)14-8-2-1-3-9-14;1-9-7-4-2-6(8)3-5-7;1-2-4-6-5-3-1;1-2;/h5-8H,2-4,9-10H2;4-7H,1-3,8-10,13H2;2-5H;6H,1-5H2;;. The Morgan fingerprint density at radius 2 is 0.978 bits per heavy atom. The lowest BCUT2D eigenvalue weighted by Crippen LogP contribution is -2.29. The number of nitrogens with two attached hydrogens (primary N) is 1. The fourth-order valence-corrected chi connectivity index (χ4v) is 5.33. The molecule has 3 aromatic carbocycles. The fourth-order valence-electron chi connectivity index (χ4n) is 5.20. The summed E-state index contributed by atoms with van der Waals surface area (Å²) >= 11 is 5.57. The fraction of sp³-hybridized carbons (Fsp3) is 0.444. The summed E-state index contributed by atoms with van der Waals surface area (Å²) in [6, 6.07) is 23.3. The molecule has 3 fully saturated rings. The number of nitrogens with zero attached hydrogens (tertiary/aromatic N) is 4. The Morgan fingerprint density at radius 1 is 0.609 bits per heavy atom. The number of benzene rings is 3. The molecule has 0 amide bonds. The van der Waals surface area contributed by atoms with Gasteiger partial charge in [-0.2, -0.15) is 0 Å². The van der Waals surface area contributed by atoms with Crippen molar-refractivity contribution >= 4 is 58.2 Å². The molecular formula is C36H47B3ClN6. The van der Waals surface area contributed by atoms with Gasteiger partial charge >= 0.3 is 0 Å². The van der Waals surface area contributed by atoms with Crippen LogP contribution in [0.4, 0.5) is 22.7 Å². The normalized spacial score (nSPS) is 15.0. The monoisotopic (exact) mass is 631 g/mol. The van der Waals surface area contributed by atoms with Gasteiger partial charge in [-0.15, -0.1) is 0 Å². The molecule has 0 aliphatic carbocycles. The highest BCUT2D eigenvalue weighted by molar-refractivity contribution is 6.75. The molecule has 6 nitrogen and oxygen atoms in total. The third-order valence-electron chi connectivity index (χ3n) is 7.76. The van der Waals surface area contributed by atoms with Gasteiger partial charge in [-0.25, -0.2) is 9.69 Å². The molecule has 0 bridgehead atoms. The maximum Gasteiger partial charge on any atom is 0.187 e. The summed E-state index contributed by atoms with van der Waals surface area (Å²) < 4.78 is 0. The maximum absolute atomic E-state index is 6.87. The average Bonchev–Trinajstić information content (AvgIpc) is 3.15. The first kappa shape index (κ1) is 40.7. The maximum atomic E-state index is 6.87. The van der Waals surface area contributed by atoms with Crippen LogP contribution in [0.25, 0.3) is 9.69 Å². The minimum Gasteiger partial charge on any atom is -0.372 e. The largest absolute Gasteiger partial charge is 0.372 e. The molecule has 3 aromatic rings. The Labute approximate surface area is 288 Å². The second-order valence-corrected chi connectivity index (χ2v) is 11.4. The summed E-state index contributed by atoms with van der Waals surface area (Å²) in [5.74, 6) is 0. The van der Waals surface area contributed by atoms with Crippen LogP contribution in [0.3, 0.4) is 0 Å². The smallest absolute Gasteiger partial charge is 0.187 e. The summed E-state index contributed by atoms with van der Waals surface area (Å²) in [5.41, 5.74) is 10.7. The lowest BCUT2D eigenvalue weighted by atomic mass is 9.81. The van der Waals surface area contributed by atoms with E-state index in [0.29, 0.717) is 17.3 Å². The topological polar surface area (TPSA) is 53.2 Å². The van der Waals surface area contributed by atoms with Gasteiger partial charge in [-0.1, -0.05) is 66.6 Å². The van der Waals surface area contributed by atoms with Crippen LogP contribution >= 0.6 is 11.6 Å². The van der Waals surface area contributed by atoms with Crippen molar-refractivity contribution in [2.75, 3.05) is 49.1 Å². The minimum atomic E-state index is 0. The van der Waals surface area contributed by atoms with Crippen LogP contribution < -0.4 is 20.9 Å². The molecule has 0 atom stereocenters. The predicted molar refractivity (Wildman–Crippen MR) is 201 cm³/mol. The molecule has 3 heterocycles. The Bertz CT molecular complexity index is 1230. The lowest BCUT2D eigenvalue weighted by molar-refractivity contribution is 0.520. The molecule has 0 saturated carbocycles. The van der Waals surface area contributed by atoms with Crippen LogP contribution in [0.5, 0.6) is 0 Å². The summed E-state index contributed by atoms with van der Waals surface area (Å²) in [7, 11) is 8.00. The first-order valence-electron chi connectivity index (χ1n) is 16.1. The molecule has 3 aliphatic heterocycles. The van der Waals surface area contributed by atoms with Gasteiger partial charge in [0.15, 0.2) is 11.4 Å². The number of anilines is 2. The van der Waals surface area contributed by atoms with Crippen LogP contribution in [-0.4, -0.2) is 63.2 Å². The van der Waals surface area contributed by atoms with Crippen LogP contribution in [0.1, 0.15) is 63.4 Å². The first-order valence-corrected chi connectivity index (χ1v) is 16.4. The summed E-state index contributed by atoms with van der Waals surface area (Å²) in [6.45, 7) is 21.4. The van der Waals surface area contributed by atoms with E-state index < -0.39 is 0 Å². The number of nitrogens with one attached hydrogen (secondary N) is 1. The van der Waals surface area contributed by atoms with Gasteiger partial charge in [-0.05, 0) is 94.3 Å². The van der Waals surface area contributed by atoms with Gasteiger partial charge in [0.05, 0.1) is 13.1 Å². The second kappa shape index (κ2) is 25.8. The zero-order valence-electron chi connectivity index (χ0n) is 27.2. The van der Waals surface area contributed by atoms with Crippen molar-refractivity contribution < 1.29 is 0 Å². The number of hydrogen-bond donors (Lipinski definition) is 2. The molecule has 3 saturated heterocycles. The highest BCUT2D eigenvalue weighted by atomic mass is 35.5. The van der Waals surface area contributed by atoms with Crippen molar-refractivity contribution in [3.63, 3.8) is 0 Å². The van der Waals surface area contributed by atoms with Crippen molar-refractivity contribution in [2.24, 2.45) is 5.73 Å². The van der Waals surface area contributed by atoms with Crippen molar-refractivity contribution in [1.29, 1.82) is 0 Å². The van der Waals surface area contributed by atoms with Crippen molar-refractivity contribution in [2.45, 2.75) is 64.3 Å². The predicted octanol–water partition coefficient (Wildman–Crippen LogP) is 7.87. The molecule has 46 heavy (non-hydrogen) atoms. The lowest BCUT2D eigenvalue weighted by Gasteiger charge is -2.28. The number of rotatable bonds is 3. The number of piperidine rings is 3. The molecule has 6 rings (SSSR count). The van der Waals surface area contributed by atoms with Crippen LogP contribution in [0.15, 0.2) is 72.8 Å². The Kier molecular flexibility index (Phi) is 22.8. The first-order chi connectivity index (χ1) is 22.1. The van der Waals surface area contributed by atoms with E-state index in [1.807, 2.05) is 12.1 Å². The van der Waals surface area contributed by atoms with Crippen LogP contribution in [0, 0.1) is 13.1 Å². The van der Waals surface area contributed by atoms with Crippen LogP contribution in [-0.2, 0) is 6.54 Å². The van der Waals surface area contributed by atoms with E-state index in [9.17, 15) is 0 Å². The van der Waals surface area contributed by atoms with Gasteiger partial charge in [0.2, 0.25) is 0 Å². The van der Waals surface area contributed by atoms with Crippen molar-refractivity contribution in [3.8, 4) is 0 Å². The molecule has 7 radical (unpaired) electrons. The van der Waals surface area contributed by atoms with Gasteiger partial charge in [0.25, 0.3) is 0 Å². The molecule has 10 heteroatoms. The molecule has 3 N–H and O–H groups in total. The van der Waals surface area contributed by atoms with Crippen LogP contribution in [0.2, 0.25) is 5.02 Å². The molecular weight excluding hydrogens is 584 g/mol. The van der Waals surface area contributed by atoms with Gasteiger partial charge in [-0.3, -0.25) is 0 Å². The zero-order valence-corrected chi connectivity index (χ0v) is 28.0. The van der Waals surface area contributed by atoms with E-state index >= 15 is 0 Å². The van der Waals surface area contributed by atoms with E-state index in [1.54, 1.807) is 24.3 Å². The summed E-state index contributed by atoms with van der Waals surface area (Å²) in [6.07, 6.45) is 12.2. The number of halogens is 1. The number of hydrogen-bond acceptors (Lipinski definition) is 4. The highest BCUT2D eigenvalue weighted by Gasteiger charge is 2.11. The van der Waals surface area contributed by atoms with Crippen molar-refractivity contribution in [3.05, 3.63) is 106 Å². The minimum absolute atomic E-state index is 0. The van der Waals surface area contributed by atoms with E-state index in [0.717, 1.165) is 18.8 Å². The zero-order chi connectivity index (χ0) is 32.5. The highest BCUT2D eigenvalue weighted by Crippen LogP contribution is 2.23. The molecule has 3 aliphatic rings. The molecule has 0 spiro atoms. The van der Waals surface area contributed by atoms with E-state index in [4.69, 9.17) is 30.5 Å². The third kappa shape index (κ3) is 16.3. The Hall–Kier alpha value is -3.36. The summed E-state index contributed by atoms with van der Waals surface area (Å²) in [5, 5.41) is 3.95. The van der Waals surface area contributed by atoms with E-state index in [2.05, 4.69) is 76.7 Å². The van der Waals surface area contributed by atoms with Gasteiger partial charge in [0, 0.05) is 73.0 Å². The third-order valence-corrected chi connectivity index (χ3v) is 8.01. The van der Waals surface area contributed by atoms with Crippen molar-refractivity contribution in [1.82, 2.24) is 5.32 Å². The molecule has 0 unspecified atom stereocenters. The Balaban J connectivity index is 0.000000311. The average molecular weight is 632 g/mol. The summed E-state index contributed by atoms with van der Waals surface area (Å²) in [4.78, 5) is 11.5. The van der Waals surface area contributed by atoms with E-state index in [-0.39, 0.29) is 8.41 Å². The SMILES string of the molecule is C1CCNCC1.NCc1ccc(N2CCCCC2)cc1.[B].[B][B].[C-]#[N+]c1ccc(Cl)cc1.[C-]#[N+]c1ccc(N2CCCCC2)cc1.